The summed E-state index contributed by atoms with van der Waals surface area (Å²) >= 11 is 0. The second kappa shape index (κ2) is 4.94. The maximum atomic E-state index is 11.8. The van der Waals surface area contributed by atoms with Crippen LogP contribution >= 0.6 is 0 Å². The van der Waals surface area contributed by atoms with E-state index < -0.39 is 0 Å². The Morgan fingerprint density at radius 3 is 2.94 bits per heavy atom. The molecular weight excluding hydrogens is 216 g/mol. The van der Waals surface area contributed by atoms with Gasteiger partial charge in [0.05, 0.1) is 18.2 Å². The van der Waals surface area contributed by atoms with Gasteiger partial charge in [0.25, 0.3) is 0 Å². The number of hydrogen-bond acceptors (Lipinski definition) is 3. The van der Waals surface area contributed by atoms with Crippen molar-refractivity contribution in [1.29, 1.82) is 0 Å². The molecule has 2 N–H and O–H groups in total. The SMILES string of the molecule is O=C(CCC1CCNC1)NC1CC2CCC1O2. The Bertz CT molecular complexity index is 289. The summed E-state index contributed by atoms with van der Waals surface area (Å²) in [5, 5.41) is 6.49. The molecule has 2 bridgehead atoms. The fourth-order valence-corrected chi connectivity index (χ4v) is 3.36. The first-order valence-electron chi connectivity index (χ1n) is 6.97. The van der Waals surface area contributed by atoms with Gasteiger partial charge in [-0.05, 0) is 51.1 Å². The zero-order valence-corrected chi connectivity index (χ0v) is 10.3. The van der Waals surface area contributed by atoms with E-state index in [1.165, 1.54) is 12.8 Å². The van der Waals surface area contributed by atoms with Gasteiger partial charge in [-0.15, -0.1) is 0 Å². The summed E-state index contributed by atoms with van der Waals surface area (Å²) < 4.78 is 5.74. The first kappa shape index (κ1) is 11.5. The third-order valence-corrected chi connectivity index (χ3v) is 4.39. The Morgan fingerprint density at radius 2 is 2.29 bits per heavy atom. The molecule has 0 radical (unpaired) electrons. The van der Waals surface area contributed by atoms with Crippen molar-refractivity contribution in [3.05, 3.63) is 0 Å². The molecule has 3 saturated heterocycles. The summed E-state index contributed by atoms with van der Waals surface area (Å²) in [4.78, 5) is 11.8. The number of amides is 1. The van der Waals surface area contributed by atoms with Crippen LogP contribution in [-0.2, 0) is 9.53 Å². The number of nitrogens with one attached hydrogen (secondary N) is 2. The fourth-order valence-electron chi connectivity index (χ4n) is 3.36. The molecule has 0 spiro atoms. The van der Waals surface area contributed by atoms with Crippen molar-refractivity contribution in [2.45, 2.75) is 56.8 Å². The van der Waals surface area contributed by atoms with Gasteiger partial charge in [-0.25, -0.2) is 0 Å². The molecule has 3 aliphatic heterocycles. The minimum absolute atomic E-state index is 0.220. The average Bonchev–Trinajstić information content (AvgIpc) is 3.03. The number of ether oxygens (including phenoxy) is 1. The lowest BCUT2D eigenvalue weighted by Gasteiger charge is -2.20. The molecule has 4 nitrogen and oxygen atoms in total. The van der Waals surface area contributed by atoms with E-state index in [-0.39, 0.29) is 5.91 Å². The molecular formula is C13H22N2O2. The van der Waals surface area contributed by atoms with E-state index in [0.29, 0.717) is 30.6 Å². The molecule has 0 saturated carbocycles. The summed E-state index contributed by atoms with van der Waals surface area (Å²) in [6.07, 6.45) is 7.00. The quantitative estimate of drug-likeness (QED) is 0.762. The standard InChI is InChI=1S/C13H22N2O2/c16-13(4-1-9-5-6-14-8-9)15-11-7-10-2-3-12(11)17-10/h9-12,14H,1-8H2,(H,15,16). The van der Waals surface area contributed by atoms with Crippen molar-refractivity contribution in [1.82, 2.24) is 10.6 Å². The summed E-state index contributed by atoms with van der Waals surface area (Å²) in [7, 11) is 0. The highest BCUT2D eigenvalue weighted by Gasteiger charge is 2.41. The molecule has 3 rings (SSSR count). The molecule has 3 heterocycles. The van der Waals surface area contributed by atoms with E-state index in [9.17, 15) is 4.79 Å². The molecule has 3 aliphatic rings. The fraction of sp³-hybridized carbons (Fsp3) is 0.923. The smallest absolute Gasteiger partial charge is 0.220 e. The first-order chi connectivity index (χ1) is 8.31. The summed E-state index contributed by atoms with van der Waals surface area (Å²) in [6, 6.07) is 0.294. The van der Waals surface area contributed by atoms with Crippen LogP contribution in [0.15, 0.2) is 0 Å². The second-order valence-electron chi connectivity index (χ2n) is 5.68. The van der Waals surface area contributed by atoms with Crippen molar-refractivity contribution in [2.75, 3.05) is 13.1 Å². The maximum Gasteiger partial charge on any atom is 0.220 e. The molecule has 4 unspecified atom stereocenters. The molecule has 4 heteroatoms. The van der Waals surface area contributed by atoms with Crippen molar-refractivity contribution >= 4 is 5.91 Å². The van der Waals surface area contributed by atoms with E-state index in [1.54, 1.807) is 0 Å². The third-order valence-electron chi connectivity index (χ3n) is 4.39. The lowest BCUT2D eigenvalue weighted by Crippen LogP contribution is -2.41. The van der Waals surface area contributed by atoms with Gasteiger partial charge in [0.15, 0.2) is 0 Å². The van der Waals surface area contributed by atoms with Crippen LogP contribution in [-0.4, -0.2) is 37.2 Å². The minimum atomic E-state index is 0.220. The minimum Gasteiger partial charge on any atom is -0.373 e. The van der Waals surface area contributed by atoms with Gasteiger partial charge in [-0.1, -0.05) is 0 Å². The Balaban J connectivity index is 1.38. The monoisotopic (exact) mass is 238 g/mol. The molecule has 4 atom stereocenters. The Morgan fingerprint density at radius 1 is 1.35 bits per heavy atom. The zero-order valence-electron chi connectivity index (χ0n) is 10.3. The van der Waals surface area contributed by atoms with E-state index >= 15 is 0 Å². The zero-order chi connectivity index (χ0) is 11.7. The predicted molar refractivity (Wildman–Crippen MR) is 64.7 cm³/mol. The van der Waals surface area contributed by atoms with Crippen LogP contribution in [0.4, 0.5) is 0 Å². The van der Waals surface area contributed by atoms with Crippen LogP contribution in [0.5, 0.6) is 0 Å². The second-order valence-corrected chi connectivity index (χ2v) is 5.68. The Hall–Kier alpha value is -0.610. The van der Waals surface area contributed by atoms with Gasteiger partial charge >= 0.3 is 0 Å². The van der Waals surface area contributed by atoms with Crippen molar-refractivity contribution < 1.29 is 9.53 Å². The van der Waals surface area contributed by atoms with Gasteiger partial charge < -0.3 is 15.4 Å². The van der Waals surface area contributed by atoms with E-state index in [0.717, 1.165) is 32.4 Å². The molecule has 96 valence electrons. The van der Waals surface area contributed by atoms with Crippen molar-refractivity contribution in [3.63, 3.8) is 0 Å². The number of hydrogen-bond donors (Lipinski definition) is 2. The molecule has 3 fully saturated rings. The molecule has 0 aromatic heterocycles. The molecule has 1 amide bonds. The summed E-state index contributed by atoms with van der Waals surface area (Å²) in [5.74, 6) is 0.926. The van der Waals surface area contributed by atoms with Crippen LogP contribution in [0.2, 0.25) is 0 Å². The highest BCUT2D eigenvalue weighted by Crippen LogP contribution is 2.34. The topological polar surface area (TPSA) is 50.4 Å². The van der Waals surface area contributed by atoms with E-state index in [2.05, 4.69) is 10.6 Å². The lowest BCUT2D eigenvalue weighted by molar-refractivity contribution is -0.122. The number of fused-ring (bicyclic) bond motifs is 2. The molecule has 0 aromatic rings. The predicted octanol–water partition coefficient (Wildman–Crippen LogP) is 0.812. The van der Waals surface area contributed by atoms with Crippen LogP contribution < -0.4 is 10.6 Å². The van der Waals surface area contributed by atoms with Gasteiger partial charge in [-0.2, -0.15) is 0 Å². The third kappa shape index (κ3) is 2.63. The van der Waals surface area contributed by atoms with Crippen molar-refractivity contribution in [2.24, 2.45) is 5.92 Å². The van der Waals surface area contributed by atoms with Gasteiger partial charge in [-0.3, -0.25) is 4.79 Å². The highest BCUT2D eigenvalue weighted by molar-refractivity contribution is 5.76. The summed E-state index contributed by atoms with van der Waals surface area (Å²) in [6.45, 7) is 2.21. The molecule has 0 aliphatic carbocycles. The Kier molecular flexibility index (Phi) is 3.34. The van der Waals surface area contributed by atoms with Gasteiger partial charge in [0.2, 0.25) is 5.91 Å². The van der Waals surface area contributed by atoms with Crippen LogP contribution in [0.3, 0.4) is 0 Å². The van der Waals surface area contributed by atoms with E-state index in [1.807, 2.05) is 0 Å². The first-order valence-corrected chi connectivity index (χ1v) is 6.97. The number of rotatable bonds is 4. The highest BCUT2D eigenvalue weighted by atomic mass is 16.5. The van der Waals surface area contributed by atoms with Crippen LogP contribution in [0.1, 0.15) is 38.5 Å². The number of carbonyl (C=O) groups is 1. The largest absolute Gasteiger partial charge is 0.373 e. The Labute approximate surface area is 102 Å². The number of carbonyl (C=O) groups excluding carboxylic acids is 1. The molecule has 0 aromatic carbocycles. The summed E-state index contributed by atoms with van der Waals surface area (Å²) in [5.41, 5.74) is 0. The molecule has 17 heavy (non-hydrogen) atoms. The van der Waals surface area contributed by atoms with Crippen molar-refractivity contribution in [3.8, 4) is 0 Å². The average molecular weight is 238 g/mol. The van der Waals surface area contributed by atoms with Crippen LogP contribution in [0.25, 0.3) is 0 Å². The maximum absolute atomic E-state index is 11.8. The van der Waals surface area contributed by atoms with Gasteiger partial charge in [0, 0.05) is 6.42 Å². The van der Waals surface area contributed by atoms with Gasteiger partial charge in [0.1, 0.15) is 0 Å². The van der Waals surface area contributed by atoms with Crippen LogP contribution in [0, 0.1) is 5.92 Å². The normalized spacial score (nSPS) is 39.8. The van der Waals surface area contributed by atoms with E-state index in [4.69, 9.17) is 4.74 Å². The lowest BCUT2D eigenvalue weighted by atomic mass is 9.95.